The van der Waals surface area contributed by atoms with Crippen molar-refractivity contribution < 1.29 is 19.0 Å². The summed E-state index contributed by atoms with van der Waals surface area (Å²) < 4.78 is 16.1. The zero-order valence-electron chi connectivity index (χ0n) is 15.3. The number of anilines is 2. The van der Waals surface area contributed by atoms with E-state index >= 15 is 0 Å². The van der Waals surface area contributed by atoms with Gasteiger partial charge in [0, 0.05) is 18.7 Å². The quantitative estimate of drug-likeness (QED) is 0.815. The Morgan fingerprint density at radius 3 is 2.74 bits per heavy atom. The number of nitrogens with zero attached hydrogens (tertiary/aromatic N) is 2. The first-order valence-electron chi connectivity index (χ1n) is 8.72. The molecule has 1 aromatic carbocycles. The van der Waals surface area contributed by atoms with Crippen molar-refractivity contribution in [2.24, 2.45) is 0 Å². The van der Waals surface area contributed by atoms with Crippen molar-refractivity contribution in [3.05, 3.63) is 41.0 Å². The third kappa shape index (κ3) is 4.61. The summed E-state index contributed by atoms with van der Waals surface area (Å²) in [6, 6.07) is 6.86. The molecule has 3 rings (SSSR count). The maximum absolute atomic E-state index is 12.6. The molecular formula is C19H22ClN3O4. The fourth-order valence-corrected chi connectivity index (χ4v) is 3.04. The topological polar surface area (TPSA) is 72.9 Å². The average Bonchev–Trinajstić information content (AvgIpc) is 2.70. The number of carbonyl (C=O) groups is 1. The second-order valence-corrected chi connectivity index (χ2v) is 6.29. The highest BCUT2D eigenvalue weighted by atomic mass is 35.5. The van der Waals surface area contributed by atoms with Crippen molar-refractivity contribution in [2.75, 3.05) is 50.2 Å². The molecule has 0 atom stereocenters. The molecule has 1 fully saturated rings. The summed E-state index contributed by atoms with van der Waals surface area (Å²) in [4.78, 5) is 19.1. The van der Waals surface area contributed by atoms with E-state index in [2.05, 4.69) is 15.2 Å². The Labute approximate surface area is 163 Å². The minimum atomic E-state index is -0.306. The van der Waals surface area contributed by atoms with Gasteiger partial charge in [0.05, 0.1) is 43.8 Å². The molecule has 7 nitrogen and oxygen atoms in total. The maximum atomic E-state index is 12.6. The molecule has 0 radical (unpaired) electrons. The van der Waals surface area contributed by atoms with Crippen molar-refractivity contribution in [1.82, 2.24) is 4.98 Å². The number of methoxy groups -OCH3 is 1. The second-order valence-electron chi connectivity index (χ2n) is 5.88. The smallest absolute Gasteiger partial charge is 0.255 e. The van der Waals surface area contributed by atoms with E-state index < -0.39 is 0 Å². The van der Waals surface area contributed by atoms with Gasteiger partial charge in [-0.05, 0) is 31.2 Å². The monoisotopic (exact) mass is 391 g/mol. The van der Waals surface area contributed by atoms with Crippen LogP contribution in [0, 0.1) is 0 Å². The van der Waals surface area contributed by atoms with E-state index in [4.69, 9.17) is 25.8 Å². The highest BCUT2D eigenvalue weighted by Gasteiger charge is 2.17. The fraction of sp³-hybridized carbons (Fsp3) is 0.368. The van der Waals surface area contributed by atoms with Crippen LogP contribution >= 0.6 is 11.6 Å². The lowest BCUT2D eigenvalue weighted by atomic mass is 10.2. The van der Waals surface area contributed by atoms with Crippen molar-refractivity contribution in [3.8, 4) is 11.5 Å². The fourth-order valence-electron chi connectivity index (χ4n) is 2.78. The molecule has 0 unspecified atom stereocenters. The molecule has 0 bridgehead atoms. The summed E-state index contributed by atoms with van der Waals surface area (Å²) in [6.45, 7) is 5.31. The summed E-state index contributed by atoms with van der Waals surface area (Å²) in [5, 5.41) is 3.14. The first kappa shape index (κ1) is 19.3. The third-order valence-electron chi connectivity index (χ3n) is 4.12. The Bertz CT molecular complexity index is 792. The number of rotatable bonds is 6. The Hall–Kier alpha value is -2.51. The predicted molar refractivity (Wildman–Crippen MR) is 104 cm³/mol. The molecule has 1 amide bonds. The van der Waals surface area contributed by atoms with Gasteiger partial charge in [0.2, 0.25) is 0 Å². The molecule has 1 aliphatic heterocycles. The van der Waals surface area contributed by atoms with Crippen molar-refractivity contribution in [3.63, 3.8) is 0 Å². The standard InChI is InChI=1S/C19H22ClN3O4/c1-3-27-18-15(20)10-13(11-16(18)25-2)19(24)22-14-4-5-17(21-12-14)23-6-8-26-9-7-23/h4-5,10-12H,3,6-9H2,1-2H3,(H,22,24). The van der Waals surface area contributed by atoms with Gasteiger partial charge in [-0.2, -0.15) is 0 Å². The molecule has 0 saturated carbocycles. The molecule has 1 saturated heterocycles. The molecule has 1 N–H and O–H groups in total. The molecule has 8 heteroatoms. The van der Waals surface area contributed by atoms with Gasteiger partial charge in [0.15, 0.2) is 11.5 Å². The van der Waals surface area contributed by atoms with E-state index in [-0.39, 0.29) is 5.91 Å². The van der Waals surface area contributed by atoms with Gasteiger partial charge in [0.1, 0.15) is 5.82 Å². The number of nitrogens with one attached hydrogen (secondary N) is 1. The van der Waals surface area contributed by atoms with Crippen LogP contribution in [0.1, 0.15) is 17.3 Å². The number of benzene rings is 1. The molecule has 0 spiro atoms. The number of pyridine rings is 1. The summed E-state index contributed by atoms with van der Waals surface area (Å²) in [6.07, 6.45) is 1.64. The molecule has 2 heterocycles. The number of morpholine rings is 1. The highest BCUT2D eigenvalue weighted by molar-refractivity contribution is 6.32. The van der Waals surface area contributed by atoms with Crippen LogP contribution in [-0.2, 0) is 4.74 Å². The SMILES string of the molecule is CCOc1c(Cl)cc(C(=O)Nc2ccc(N3CCOCC3)nc2)cc1OC. The van der Waals surface area contributed by atoms with Gasteiger partial charge < -0.3 is 24.4 Å². The number of hydrogen-bond donors (Lipinski definition) is 1. The van der Waals surface area contributed by atoms with Crippen molar-refractivity contribution in [1.29, 1.82) is 0 Å². The zero-order chi connectivity index (χ0) is 19.2. The van der Waals surface area contributed by atoms with Crippen molar-refractivity contribution >= 4 is 29.0 Å². The number of halogens is 1. The molecule has 1 aromatic heterocycles. The van der Waals surface area contributed by atoms with E-state index in [1.54, 1.807) is 18.3 Å². The molecule has 144 valence electrons. The van der Waals surface area contributed by atoms with Crippen LogP contribution in [0.3, 0.4) is 0 Å². The van der Waals surface area contributed by atoms with Gasteiger partial charge in [-0.15, -0.1) is 0 Å². The van der Waals surface area contributed by atoms with Gasteiger partial charge in [-0.1, -0.05) is 11.6 Å². The number of carbonyl (C=O) groups excluding carboxylic acids is 1. The van der Waals surface area contributed by atoms with Crippen LogP contribution in [0.5, 0.6) is 11.5 Å². The first-order chi connectivity index (χ1) is 13.1. The van der Waals surface area contributed by atoms with E-state index in [1.165, 1.54) is 7.11 Å². The normalized spacial score (nSPS) is 14.0. The van der Waals surface area contributed by atoms with Crippen molar-refractivity contribution in [2.45, 2.75) is 6.92 Å². The minimum Gasteiger partial charge on any atom is -0.493 e. The highest BCUT2D eigenvalue weighted by Crippen LogP contribution is 2.36. The third-order valence-corrected chi connectivity index (χ3v) is 4.40. The largest absolute Gasteiger partial charge is 0.493 e. The zero-order valence-corrected chi connectivity index (χ0v) is 16.1. The first-order valence-corrected chi connectivity index (χ1v) is 9.10. The Morgan fingerprint density at radius 2 is 2.11 bits per heavy atom. The lowest BCUT2D eigenvalue weighted by Gasteiger charge is -2.27. The summed E-state index contributed by atoms with van der Waals surface area (Å²) in [7, 11) is 1.50. The lowest BCUT2D eigenvalue weighted by Crippen LogP contribution is -2.36. The van der Waals surface area contributed by atoms with Crippen LogP contribution in [0.25, 0.3) is 0 Å². The van der Waals surface area contributed by atoms with Crippen LogP contribution in [-0.4, -0.2) is 50.9 Å². The summed E-state index contributed by atoms with van der Waals surface area (Å²) in [5.41, 5.74) is 0.971. The van der Waals surface area contributed by atoms with E-state index in [0.717, 1.165) is 18.9 Å². The molecule has 0 aliphatic carbocycles. The van der Waals surface area contributed by atoms with Gasteiger partial charge in [0.25, 0.3) is 5.91 Å². The van der Waals surface area contributed by atoms with Crippen LogP contribution in [0.2, 0.25) is 5.02 Å². The van der Waals surface area contributed by atoms with E-state index in [9.17, 15) is 4.79 Å². The number of ether oxygens (including phenoxy) is 3. The predicted octanol–water partition coefficient (Wildman–Crippen LogP) is 3.23. The maximum Gasteiger partial charge on any atom is 0.255 e. The van der Waals surface area contributed by atoms with Crippen LogP contribution in [0.15, 0.2) is 30.5 Å². The minimum absolute atomic E-state index is 0.306. The Kier molecular flexibility index (Phi) is 6.36. The van der Waals surface area contributed by atoms with Crippen LogP contribution in [0.4, 0.5) is 11.5 Å². The molecule has 2 aromatic rings. The van der Waals surface area contributed by atoms with Crippen LogP contribution < -0.4 is 19.7 Å². The lowest BCUT2D eigenvalue weighted by molar-refractivity contribution is 0.102. The molecular weight excluding hydrogens is 370 g/mol. The Balaban J connectivity index is 1.72. The number of aromatic nitrogens is 1. The van der Waals surface area contributed by atoms with Gasteiger partial charge >= 0.3 is 0 Å². The van der Waals surface area contributed by atoms with E-state index in [1.807, 2.05) is 19.1 Å². The Morgan fingerprint density at radius 1 is 1.33 bits per heavy atom. The summed E-state index contributed by atoms with van der Waals surface area (Å²) in [5.74, 6) is 1.39. The second kappa shape index (κ2) is 8.92. The van der Waals surface area contributed by atoms with E-state index in [0.29, 0.717) is 47.6 Å². The van der Waals surface area contributed by atoms with Gasteiger partial charge in [-0.25, -0.2) is 4.98 Å². The molecule has 27 heavy (non-hydrogen) atoms. The van der Waals surface area contributed by atoms with Gasteiger partial charge in [-0.3, -0.25) is 4.79 Å². The average molecular weight is 392 g/mol. The summed E-state index contributed by atoms with van der Waals surface area (Å²) >= 11 is 6.23. The number of amides is 1. The molecule has 1 aliphatic rings. The number of hydrogen-bond acceptors (Lipinski definition) is 6.